The van der Waals surface area contributed by atoms with Gasteiger partial charge in [-0.1, -0.05) is 49.7 Å². The molecule has 0 saturated carbocycles. The van der Waals surface area contributed by atoms with Crippen LogP contribution in [0.1, 0.15) is 58.6 Å². The van der Waals surface area contributed by atoms with Gasteiger partial charge in [-0.15, -0.1) is 0 Å². The fourth-order valence-corrected chi connectivity index (χ4v) is 4.06. The van der Waals surface area contributed by atoms with Crippen LogP contribution in [0.4, 0.5) is 0 Å². The molecule has 0 saturated heterocycles. The van der Waals surface area contributed by atoms with E-state index in [1.165, 1.54) is 5.56 Å². The van der Waals surface area contributed by atoms with Gasteiger partial charge in [0, 0.05) is 22.5 Å². The van der Waals surface area contributed by atoms with Gasteiger partial charge in [0.25, 0.3) is 0 Å². The van der Waals surface area contributed by atoms with Crippen LogP contribution in [0.15, 0.2) is 22.7 Å². The van der Waals surface area contributed by atoms with Gasteiger partial charge in [0.1, 0.15) is 11.4 Å². The number of nitrogens with one attached hydrogen (secondary N) is 1. The Labute approximate surface area is 137 Å². The average molecular weight is 354 g/mol. The number of rotatable bonds is 5. The van der Waals surface area contributed by atoms with Crippen molar-refractivity contribution in [2.75, 3.05) is 7.05 Å². The molecule has 1 atom stereocenters. The van der Waals surface area contributed by atoms with Crippen molar-refractivity contribution in [2.45, 2.75) is 58.6 Å². The molecule has 1 aromatic carbocycles. The van der Waals surface area contributed by atoms with Crippen LogP contribution in [0.2, 0.25) is 0 Å². The predicted octanol–water partition coefficient (Wildman–Crippen LogP) is 5.32. The third kappa shape index (κ3) is 4.01. The van der Waals surface area contributed by atoms with Gasteiger partial charge in [-0.3, -0.25) is 0 Å². The highest BCUT2D eigenvalue weighted by atomic mass is 79.9. The Morgan fingerprint density at radius 3 is 2.38 bits per heavy atom. The average Bonchev–Trinajstić information content (AvgIpc) is 2.35. The maximum atomic E-state index is 6.58. The minimum atomic E-state index is -0.0518. The van der Waals surface area contributed by atoms with E-state index in [0.29, 0.717) is 17.9 Å². The Hall–Kier alpha value is -0.540. The van der Waals surface area contributed by atoms with Crippen LogP contribution in [-0.4, -0.2) is 12.6 Å². The molecular weight excluding hydrogens is 326 g/mol. The normalized spacial score (nSPS) is 20.5. The summed E-state index contributed by atoms with van der Waals surface area (Å²) in [6.45, 7) is 9.15. The highest BCUT2D eigenvalue weighted by molar-refractivity contribution is 9.10. The Morgan fingerprint density at radius 2 is 1.86 bits per heavy atom. The molecule has 1 aromatic rings. The number of benzene rings is 1. The molecule has 0 amide bonds. The number of ether oxygens (including phenoxy) is 1. The Balaban J connectivity index is 2.39. The van der Waals surface area contributed by atoms with Crippen LogP contribution in [0.5, 0.6) is 5.75 Å². The highest BCUT2D eigenvalue weighted by Gasteiger charge is 2.41. The molecular formula is C18H28BrNO. The van der Waals surface area contributed by atoms with Crippen LogP contribution >= 0.6 is 15.9 Å². The zero-order valence-corrected chi connectivity index (χ0v) is 15.5. The van der Waals surface area contributed by atoms with Gasteiger partial charge < -0.3 is 10.1 Å². The molecule has 0 radical (unpaired) electrons. The summed E-state index contributed by atoms with van der Waals surface area (Å²) in [6, 6.07) is 6.77. The third-order valence-electron chi connectivity index (χ3n) is 4.16. The Bertz CT molecular complexity index is 474. The fourth-order valence-electron chi connectivity index (χ4n) is 3.72. The van der Waals surface area contributed by atoms with E-state index in [1.54, 1.807) is 0 Å². The van der Waals surface area contributed by atoms with Gasteiger partial charge in [-0.2, -0.15) is 0 Å². The van der Waals surface area contributed by atoms with Crippen molar-refractivity contribution in [2.24, 2.45) is 11.8 Å². The highest BCUT2D eigenvalue weighted by Crippen LogP contribution is 2.45. The van der Waals surface area contributed by atoms with Gasteiger partial charge in [0.2, 0.25) is 0 Å². The first kappa shape index (κ1) is 16.8. The maximum absolute atomic E-state index is 6.58. The zero-order chi connectivity index (χ0) is 15.6. The van der Waals surface area contributed by atoms with Crippen LogP contribution in [0, 0.1) is 11.8 Å². The van der Waals surface area contributed by atoms with Gasteiger partial charge in [-0.25, -0.2) is 0 Å². The topological polar surface area (TPSA) is 21.3 Å². The van der Waals surface area contributed by atoms with Crippen molar-refractivity contribution in [1.82, 2.24) is 5.32 Å². The molecule has 1 N–H and O–H groups in total. The molecule has 21 heavy (non-hydrogen) atoms. The van der Waals surface area contributed by atoms with E-state index in [1.807, 2.05) is 0 Å². The second-order valence-electron chi connectivity index (χ2n) is 7.21. The molecule has 2 nitrogen and oxygen atoms in total. The van der Waals surface area contributed by atoms with Gasteiger partial charge in [-0.05, 0) is 43.9 Å². The molecule has 0 fully saturated rings. The number of halogens is 1. The predicted molar refractivity (Wildman–Crippen MR) is 92.8 cm³/mol. The summed E-state index contributed by atoms with van der Waals surface area (Å²) >= 11 is 3.57. The molecule has 0 bridgehead atoms. The van der Waals surface area contributed by atoms with Crippen molar-refractivity contribution in [3.05, 3.63) is 28.2 Å². The molecule has 1 aliphatic heterocycles. The summed E-state index contributed by atoms with van der Waals surface area (Å²) in [6.07, 6.45) is 3.26. The zero-order valence-electron chi connectivity index (χ0n) is 13.9. The summed E-state index contributed by atoms with van der Waals surface area (Å²) in [7, 11) is 2.05. The molecule has 1 heterocycles. The van der Waals surface area contributed by atoms with Crippen molar-refractivity contribution in [3.63, 3.8) is 0 Å². The van der Waals surface area contributed by atoms with Gasteiger partial charge in [0.15, 0.2) is 0 Å². The fraction of sp³-hybridized carbons (Fsp3) is 0.667. The first-order valence-corrected chi connectivity index (χ1v) is 8.80. The van der Waals surface area contributed by atoms with Crippen molar-refractivity contribution in [3.8, 4) is 5.75 Å². The van der Waals surface area contributed by atoms with Crippen molar-refractivity contribution < 1.29 is 4.74 Å². The summed E-state index contributed by atoms with van der Waals surface area (Å²) in [5, 5.41) is 3.49. The number of fused-ring (bicyclic) bond motifs is 1. The summed E-state index contributed by atoms with van der Waals surface area (Å²) in [5.74, 6) is 2.31. The van der Waals surface area contributed by atoms with Crippen molar-refractivity contribution >= 4 is 15.9 Å². The molecule has 0 spiro atoms. The maximum Gasteiger partial charge on any atom is 0.126 e. The summed E-state index contributed by atoms with van der Waals surface area (Å²) < 4.78 is 7.67. The summed E-state index contributed by atoms with van der Waals surface area (Å²) in [4.78, 5) is 0. The monoisotopic (exact) mass is 353 g/mol. The van der Waals surface area contributed by atoms with E-state index < -0.39 is 0 Å². The van der Waals surface area contributed by atoms with E-state index in [-0.39, 0.29) is 5.60 Å². The SMILES string of the molecule is CNC1CC(CC(C)C)(CC(C)C)Oc2cc(Br)ccc21. The number of hydrogen-bond acceptors (Lipinski definition) is 2. The molecule has 118 valence electrons. The second kappa shape index (κ2) is 6.70. The van der Waals surface area contributed by atoms with E-state index in [0.717, 1.165) is 29.5 Å². The minimum Gasteiger partial charge on any atom is -0.487 e. The van der Waals surface area contributed by atoms with Crippen LogP contribution < -0.4 is 10.1 Å². The lowest BCUT2D eigenvalue weighted by molar-refractivity contribution is -0.00528. The standard InChI is InChI=1S/C18H28BrNO/c1-12(2)9-18(10-13(3)4)11-16(20-5)15-7-6-14(19)8-17(15)21-18/h6-8,12-13,16,20H,9-11H2,1-5H3. The lowest BCUT2D eigenvalue weighted by Crippen LogP contribution is -2.45. The molecule has 1 unspecified atom stereocenters. The first-order chi connectivity index (χ1) is 9.85. The van der Waals surface area contributed by atoms with E-state index in [9.17, 15) is 0 Å². The van der Waals surface area contributed by atoms with Crippen LogP contribution in [0.25, 0.3) is 0 Å². The van der Waals surface area contributed by atoms with E-state index >= 15 is 0 Å². The largest absolute Gasteiger partial charge is 0.487 e. The van der Waals surface area contributed by atoms with Gasteiger partial charge in [0.05, 0.1) is 0 Å². The molecule has 3 heteroatoms. The summed E-state index contributed by atoms with van der Waals surface area (Å²) in [5.41, 5.74) is 1.23. The van der Waals surface area contributed by atoms with Crippen molar-refractivity contribution in [1.29, 1.82) is 0 Å². The second-order valence-corrected chi connectivity index (χ2v) is 8.12. The Kier molecular flexibility index (Phi) is 5.37. The Morgan fingerprint density at radius 1 is 1.24 bits per heavy atom. The molecule has 0 aromatic heterocycles. The van der Waals surface area contributed by atoms with E-state index in [4.69, 9.17) is 4.74 Å². The minimum absolute atomic E-state index is 0.0518. The lowest BCUT2D eigenvalue weighted by Gasteiger charge is -2.44. The lowest BCUT2D eigenvalue weighted by atomic mass is 9.77. The molecule has 0 aliphatic carbocycles. The number of hydrogen-bond donors (Lipinski definition) is 1. The first-order valence-electron chi connectivity index (χ1n) is 8.01. The van der Waals surface area contributed by atoms with Crippen LogP contribution in [0.3, 0.4) is 0 Å². The van der Waals surface area contributed by atoms with E-state index in [2.05, 4.69) is 74.2 Å². The molecule has 2 rings (SSSR count). The smallest absolute Gasteiger partial charge is 0.126 e. The molecule has 1 aliphatic rings. The third-order valence-corrected chi connectivity index (χ3v) is 4.66. The van der Waals surface area contributed by atoms with Gasteiger partial charge >= 0.3 is 0 Å². The quantitative estimate of drug-likeness (QED) is 0.772. The van der Waals surface area contributed by atoms with Crippen LogP contribution in [-0.2, 0) is 0 Å².